The minimum atomic E-state index is -1.02. The second kappa shape index (κ2) is 10.1. The molecule has 2 atom stereocenters. The van der Waals surface area contributed by atoms with E-state index in [0.717, 1.165) is 22.3 Å². The highest BCUT2D eigenvalue weighted by Gasteiger charge is 2.29. The number of hydrogen-bond donors (Lipinski definition) is 3. The van der Waals surface area contributed by atoms with Crippen molar-refractivity contribution in [1.82, 2.24) is 10.6 Å². The quantitative estimate of drug-likeness (QED) is 0.568. The van der Waals surface area contributed by atoms with Crippen LogP contribution in [0.3, 0.4) is 0 Å². The Bertz CT molecular complexity index is 915. The minimum absolute atomic E-state index is 0.0261. The van der Waals surface area contributed by atoms with Crippen molar-refractivity contribution in [3.8, 4) is 11.1 Å². The zero-order chi connectivity index (χ0) is 22.4. The topological polar surface area (TPSA) is 114 Å². The number of carbonyl (C=O) groups excluding carboxylic acids is 2. The Kier molecular flexibility index (Phi) is 7.25. The van der Waals surface area contributed by atoms with E-state index >= 15 is 0 Å². The van der Waals surface area contributed by atoms with E-state index < -0.39 is 30.1 Å². The molecule has 0 heterocycles. The molecule has 0 saturated heterocycles. The maximum absolute atomic E-state index is 12.3. The van der Waals surface area contributed by atoms with Gasteiger partial charge in [-0.15, -0.1) is 0 Å². The van der Waals surface area contributed by atoms with E-state index in [1.165, 1.54) is 14.0 Å². The molecule has 31 heavy (non-hydrogen) atoms. The van der Waals surface area contributed by atoms with Gasteiger partial charge in [0, 0.05) is 19.6 Å². The van der Waals surface area contributed by atoms with E-state index in [4.69, 9.17) is 14.6 Å². The van der Waals surface area contributed by atoms with E-state index in [-0.39, 0.29) is 25.5 Å². The summed E-state index contributed by atoms with van der Waals surface area (Å²) in [6.45, 7) is 1.70. The van der Waals surface area contributed by atoms with Crippen molar-refractivity contribution in [2.45, 2.75) is 31.4 Å². The average molecular weight is 426 g/mol. The lowest BCUT2D eigenvalue weighted by Crippen LogP contribution is -2.47. The summed E-state index contributed by atoms with van der Waals surface area (Å²) < 4.78 is 10.4. The van der Waals surface area contributed by atoms with Crippen LogP contribution >= 0.6 is 0 Å². The molecule has 1 aliphatic rings. The number of nitrogens with one attached hydrogen (secondary N) is 2. The Morgan fingerprint density at radius 2 is 1.61 bits per heavy atom. The van der Waals surface area contributed by atoms with E-state index in [1.807, 2.05) is 36.4 Å². The molecule has 2 aromatic rings. The summed E-state index contributed by atoms with van der Waals surface area (Å²) in [5.41, 5.74) is 4.47. The molecule has 0 saturated carbocycles. The van der Waals surface area contributed by atoms with Gasteiger partial charge in [0.05, 0.1) is 12.5 Å². The number of fused-ring (bicyclic) bond motifs is 3. The molecule has 0 fully saturated rings. The summed E-state index contributed by atoms with van der Waals surface area (Å²) >= 11 is 0. The molecule has 8 heteroatoms. The number of hydrogen-bond acceptors (Lipinski definition) is 5. The van der Waals surface area contributed by atoms with Crippen LogP contribution in [0.4, 0.5) is 4.79 Å². The van der Waals surface area contributed by atoms with Gasteiger partial charge in [-0.2, -0.15) is 0 Å². The molecule has 0 aromatic heterocycles. The number of rotatable bonds is 9. The molecule has 0 aliphatic heterocycles. The standard InChI is InChI=1S/C23H26N2O6/c1-14(22(28)24-12-15(30-2)11-21(26)27)25-23(29)31-13-20-18-9-5-3-7-16(18)17-8-4-6-10-19(17)20/h3-10,14-15,20H,11-13H2,1-2H3,(H,24,28)(H,25,29)(H,26,27)/t14-,15?/m0/s1. The van der Waals surface area contributed by atoms with Crippen LogP contribution in [0.2, 0.25) is 0 Å². The SMILES string of the molecule is COC(CNC(=O)[C@H](C)NC(=O)OCC1c2ccccc2-c2ccccc21)CC(=O)O. The predicted octanol–water partition coefficient (Wildman–Crippen LogP) is 2.52. The normalized spacial score (nSPS) is 14.1. The summed E-state index contributed by atoms with van der Waals surface area (Å²) in [4.78, 5) is 35.2. The second-order valence-corrected chi connectivity index (χ2v) is 7.39. The van der Waals surface area contributed by atoms with Crippen molar-refractivity contribution in [1.29, 1.82) is 0 Å². The summed E-state index contributed by atoms with van der Waals surface area (Å²) in [5.74, 6) is -1.55. The lowest BCUT2D eigenvalue weighted by Gasteiger charge is -2.18. The fraction of sp³-hybridized carbons (Fsp3) is 0.348. The molecular formula is C23H26N2O6. The zero-order valence-electron chi connectivity index (χ0n) is 17.5. The third-order valence-electron chi connectivity index (χ3n) is 5.31. The third kappa shape index (κ3) is 5.40. The Morgan fingerprint density at radius 1 is 1.03 bits per heavy atom. The number of benzene rings is 2. The molecule has 1 aliphatic carbocycles. The van der Waals surface area contributed by atoms with Gasteiger partial charge < -0.3 is 25.2 Å². The lowest BCUT2D eigenvalue weighted by molar-refractivity contribution is -0.140. The first kappa shape index (κ1) is 22.3. The van der Waals surface area contributed by atoms with Crippen LogP contribution in [0.1, 0.15) is 30.4 Å². The van der Waals surface area contributed by atoms with Crippen LogP contribution in [0.15, 0.2) is 48.5 Å². The van der Waals surface area contributed by atoms with Gasteiger partial charge in [-0.3, -0.25) is 9.59 Å². The number of amides is 2. The van der Waals surface area contributed by atoms with E-state index in [2.05, 4.69) is 22.8 Å². The Morgan fingerprint density at radius 3 is 2.16 bits per heavy atom. The fourth-order valence-corrected chi connectivity index (χ4v) is 3.68. The molecule has 0 bridgehead atoms. The Labute approximate surface area is 180 Å². The first-order valence-electron chi connectivity index (χ1n) is 10.0. The molecule has 3 rings (SSSR count). The molecule has 0 radical (unpaired) electrons. The molecular weight excluding hydrogens is 400 g/mol. The summed E-state index contributed by atoms with van der Waals surface area (Å²) in [6, 6.07) is 15.2. The number of carboxylic acids is 1. The molecule has 8 nitrogen and oxygen atoms in total. The number of ether oxygens (including phenoxy) is 2. The van der Waals surface area contributed by atoms with Crippen LogP contribution < -0.4 is 10.6 Å². The van der Waals surface area contributed by atoms with E-state index in [9.17, 15) is 14.4 Å². The number of methoxy groups -OCH3 is 1. The number of alkyl carbamates (subject to hydrolysis) is 1. The van der Waals surface area contributed by atoms with E-state index in [1.54, 1.807) is 0 Å². The van der Waals surface area contributed by atoms with Crippen LogP contribution in [-0.2, 0) is 19.1 Å². The van der Waals surface area contributed by atoms with Gasteiger partial charge in [0.1, 0.15) is 12.6 Å². The Hall–Kier alpha value is -3.39. The van der Waals surface area contributed by atoms with Crippen molar-refractivity contribution in [2.75, 3.05) is 20.3 Å². The second-order valence-electron chi connectivity index (χ2n) is 7.39. The monoisotopic (exact) mass is 426 g/mol. The summed E-state index contributed by atoms with van der Waals surface area (Å²) in [6.07, 6.45) is -1.58. The van der Waals surface area contributed by atoms with Crippen molar-refractivity contribution in [3.05, 3.63) is 59.7 Å². The molecule has 2 aromatic carbocycles. The molecule has 0 spiro atoms. The molecule has 2 amide bonds. The number of carboxylic acid groups (broad SMARTS) is 1. The third-order valence-corrected chi connectivity index (χ3v) is 5.31. The van der Waals surface area contributed by atoms with Crippen molar-refractivity contribution < 1.29 is 29.0 Å². The average Bonchev–Trinajstić information content (AvgIpc) is 3.08. The highest BCUT2D eigenvalue weighted by atomic mass is 16.5. The van der Waals surface area contributed by atoms with Gasteiger partial charge in [-0.25, -0.2) is 4.79 Å². The van der Waals surface area contributed by atoms with Gasteiger partial charge in [-0.05, 0) is 29.2 Å². The Balaban J connectivity index is 1.52. The summed E-state index contributed by atoms with van der Waals surface area (Å²) in [7, 11) is 1.37. The molecule has 1 unspecified atom stereocenters. The highest BCUT2D eigenvalue weighted by Crippen LogP contribution is 2.44. The van der Waals surface area contributed by atoms with Crippen molar-refractivity contribution in [2.24, 2.45) is 0 Å². The van der Waals surface area contributed by atoms with Gasteiger partial charge in [0.2, 0.25) is 5.91 Å². The minimum Gasteiger partial charge on any atom is -0.481 e. The van der Waals surface area contributed by atoms with Gasteiger partial charge >= 0.3 is 12.1 Å². The number of aliphatic carboxylic acids is 1. The maximum Gasteiger partial charge on any atom is 0.407 e. The highest BCUT2D eigenvalue weighted by molar-refractivity contribution is 5.85. The lowest BCUT2D eigenvalue weighted by atomic mass is 9.98. The molecule has 3 N–H and O–H groups in total. The maximum atomic E-state index is 12.3. The van der Waals surface area contributed by atoms with Crippen LogP contribution in [-0.4, -0.2) is 55.5 Å². The fourth-order valence-electron chi connectivity index (χ4n) is 3.68. The largest absolute Gasteiger partial charge is 0.481 e. The van der Waals surface area contributed by atoms with Crippen LogP contribution in [0.25, 0.3) is 11.1 Å². The molecule has 164 valence electrons. The summed E-state index contributed by atoms with van der Waals surface area (Å²) in [5, 5.41) is 13.9. The van der Waals surface area contributed by atoms with Gasteiger partial charge in [-0.1, -0.05) is 48.5 Å². The van der Waals surface area contributed by atoms with Gasteiger partial charge in [0.25, 0.3) is 0 Å². The first-order chi connectivity index (χ1) is 14.9. The van der Waals surface area contributed by atoms with Crippen molar-refractivity contribution in [3.63, 3.8) is 0 Å². The smallest absolute Gasteiger partial charge is 0.407 e. The predicted molar refractivity (Wildman–Crippen MR) is 114 cm³/mol. The van der Waals surface area contributed by atoms with Crippen LogP contribution in [0.5, 0.6) is 0 Å². The van der Waals surface area contributed by atoms with Crippen LogP contribution in [0, 0.1) is 0 Å². The van der Waals surface area contributed by atoms with Crippen molar-refractivity contribution >= 4 is 18.0 Å². The van der Waals surface area contributed by atoms with E-state index in [0.29, 0.717) is 0 Å². The zero-order valence-corrected chi connectivity index (χ0v) is 17.5. The van der Waals surface area contributed by atoms with Gasteiger partial charge in [0.15, 0.2) is 0 Å². The first-order valence-corrected chi connectivity index (χ1v) is 10.0. The number of carbonyl (C=O) groups is 3.